The predicted molar refractivity (Wildman–Crippen MR) is 108 cm³/mol. The monoisotopic (exact) mass is 392 g/mol. The molecule has 2 aliphatic heterocycles. The van der Waals surface area contributed by atoms with Crippen LogP contribution >= 0.6 is 0 Å². The minimum Gasteiger partial charge on any atom is -0.343 e. The molecule has 7 heteroatoms. The minimum atomic E-state index is -0.529. The van der Waals surface area contributed by atoms with Crippen molar-refractivity contribution in [3.05, 3.63) is 0 Å². The maximum atomic E-state index is 13.7. The van der Waals surface area contributed by atoms with Gasteiger partial charge in [-0.05, 0) is 59.0 Å². The largest absolute Gasteiger partial charge is 0.343 e. The number of fused-ring (bicyclic) bond motifs is 1. The Kier molecular flexibility index (Phi) is 7.10. The van der Waals surface area contributed by atoms with Crippen LogP contribution in [0.2, 0.25) is 0 Å². The van der Waals surface area contributed by atoms with Gasteiger partial charge in [-0.15, -0.1) is 0 Å². The molecule has 2 amide bonds. The highest BCUT2D eigenvalue weighted by atomic mass is 16.2. The van der Waals surface area contributed by atoms with Crippen LogP contribution in [0.1, 0.15) is 58.8 Å². The second-order valence-electron chi connectivity index (χ2n) is 8.80. The van der Waals surface area contributed by atoms with Gasteiger partial charge in [0.1, 0.15) is 12.1 Å². The molecule has 3 rings (SSSR count). The van der Waals surface area contributed by atoms with Crippen LogP contribution in [0.15, 0.2) is 0 Å². The number of hydrogen-bond acceptors (Lipinski definition) is 5. The van der Waals surface area contributed by atoms with Gasteiger partial charge in [0.2, 0.25) is 11.8 Å². The van der Waals surface area contributed by atoms with Crippen molar-refractivity contribution < 1.29 is 14.4 Å². The van der Waals surface area contributed by atoms with E-state index in [9.17, 15) is 14.4 Å². The lowest BCUT2D eigenvalue weighted by Crippen LogP contribution is -2.65. The Morgan fingerprint density at radius 3 is 2.36 bits per heavy atom. The summed E-state index contributed by atoms with van der Waals surface area (Å²) in [6.45, 7) is 5.62. The van der Waals surface area contributed by atoms with Gasteiger partial charge in [-0.25, -0.2) is 0 Å². The predicted octanol–water partition coefficient (Wildman–Crippen LogP) is 0.924. The smallest absolute Gasteiger partial charge is 0.246 e. The van der Waals surface area contributed by atoms with Crippen LogP contribution < -0.4 is 10.6 Å². The number of rotatable bonds is 6. The van der Waals surface area contributed by atoms with Crippen LogP contribution in [0.4, 0.5) is 0 Å². The summed E-state index contributed by atoms with van der Waals surface area (Å²) in [7, 11) is 1.74. The number of nitrogens with zero attached hydrogens (tertiary/aromatic N) is 2. The number of carbonyl (C=O) groups is 3. The molecular formula is C21H36N4O3. The normalized spacial score (nSPS) is 28.5. The van der Waals surface area contributed by atoms with Crippen molar-refractivity contribution >= 4 is 17.6 Å². The van der Waals surface area contributed by atoms with Gasteiger partial charge in [0.25, 0.3) is 0 Å². The zero-order valence-electron chi connectivity index (χ0n) is 17.6. The third kappa shape index (κ3) is 4.57. The fourth-order valence-corrected chi connectivity index (χ4v) is 5.05. The Morgan fingerprint density at radius 2 is 1.71 bits per heavy atom. The number of ketones is 1. The number of likely N-dealkylation sites (N-methyl/N-ethyl adjacent to an activating group) is 1. The molecule has 1 saturated carbocycles. The van der Waals surface area contributed by atoms with Gasteiger partial charge in [-0.2, -0.15) is 0 Å². The van der Waals surface area contributed by atoms with Crippen molar-refractivity contribution in [2.75, 3.05) is 26.7 Å². The molecule has 2 heterocycles. The third-order valence-corrected chi connectivity index (χ3v) is 6.95. The molecule has 3 aliphatic rings. The lowest BCUT2D eigenvalue weighted by atomic mass is 9.82. The van der Waals surface area contributed by atoms with Crippen LogP contribution in [0.3, 0.4) is 0 Å². The Labute approximate surface area is 168 Å². The number of nitrogens with one attached hydrogen (secondary N) is 2. The van der Waals surface area contributed by atoms with E-state index in [0.717, 1.165) is 45.1 Å². The van der Waals surface area contributed by atoms with Gasteiger partial charge in [0, 0.05) is 19.1 Å². The molecule has 0 spiro atoms. The number of carbonyl (C=O) groups excluding carboxylic acids is 3. The molecule has 0 aromatic rings. The van der Waals surface area contributed by atoms with Crippen molar-refractivity contribution in [1.29, 1.82) is 0 Å². The van der Waals surface area contributed by atoms with Crippen molar-refractivity contribution in [3.63, 3.8) is 0 Å². The van der Waals surface area contributed by atoms with E-state index in [1.54, 1.807) is 25.8 Å². The molecule has 2 N–H and O–H groups in total. The summed E-state index contributed by atoms with van der Waals surface area (Å²) in [5, 5.41) is 5.99. The highest BCUT2D eigenvalue weighted by Crippen LogP contribution is 2.30. The van der Waals surface area contributed by atoms with E-state index < -0.39 is 12.1 Å². The number of amides is 2. The van der Waals surface area contributed by atoms with Gasteiger partial charge < -0.3 is 15.5 Å². The SMILES string of the molecule is CN[C@@H](C)C(=O)N[C@H](C(=O)N1C[C@H]2CCCN2C[C@H]1C(C)=O)C1CCCCC1. The topological polar surface area (TPSA) is 81.8 Å². The minimum absolute atomic E-state index is 0.0380. The van der Waals surface area contributed by atoms with Crippen LogP contribution in [-0.4, -0.2) is 78.2 Å². The maximum Gasteiger partial charge on any atom is 0.246 e. The Hall–Kier alpha value is -1.47. The van der Waals surface area contributed by atoms with E-state index in [1.807, 2.05) is 0 Å². The average molecular weight is 393 g/mol. The summed E-state index contributed by atoms with van der Waals surface area (Å²) >= 11 is 0. The third-order valence-electron chi connectivity index (χ3n) is 6.95. The second kappa shape index (κ2) is 9.35. The molecule has 3 fully saturated rings. The fourth-order valence-electron chi connectivity index (χ4n) is 5.05. The first-order valence-electron chi connectivity index (χ1n) is 10.9. The molecule has 0 aromatic heterocycles. The molecule has 0 aromatic carbocycles. The van der Waals surface area contributed by atoms with Crippen molar-refractivity contribution in [3.8, 4) is 0 Å². The van der Waals surface area contributed by atoms with E-state index in [2.05, 4.69) is 15.5 Å². The molecule has 7 nitrogen and oxygen atoms in total. The molecule has 2 saturated heterocycles. The average Bonchev–Trinajstić information content (AvgIpc) is 3.17. The zero-order valence-corrected chi connectivity index (χ0v) is 17.6. The van der Waals surface area contributed by atoms with Gasteiger partial charge in [0.05, 0.1) is 6.04 Å². The summed E-state index contributed by atoms with van der Waals surface area (Å²) in [6, 6.07) is -0.933. The van der Waals surface area contributed by atoms with E-state index in [0.29, 0.717) is 19.1 Å². The Bertz CT molecular complexity index is 590. The first-order valence-corrected chi connectivity index (χ1v) is 10.9. The van der Waals surface area contributed by atoms with Crippen molar-refractivity contribution in [2.24, 2.45) is 5.92 Å². The molecule has 0 radical (unpaired) electrons. The van der Waals surface area contributed by atoms with Crippen LogP contribution in [0.25, 0.3) is 0 Å². The molecule has 1 aliphatic carbocycles. The van der Waals surface area contributed by atoms with Crippen LogP contribution in [-0.2, 0) is 14.4 Å². The van der Waals surface area contributed by atoms with E-state index >= 15 is 0 Å². The summed E-state index contributed by atoms with van der Waals surface area (Å²) in [5.74, 6) is -0.0138. The van der Waals surface area contributed by atoms with E-state index in [-0.39, 0.29) is 29.6 Å². The molecule has 158 valence electrons. The summed E-state index contributed by atoms with van der Waals surface area (Å²) < 4.78 is 0. The molecule has 0 bridgehead atoms. The molecule has 0 unspecified atom stereocenters. The number of Topliss-reactive ketones (excluding diaryl/α,β-unsaturated/α-hetero) is 1. The second-order valence-corrected chi connectivity index (χ2v) is 8.80. The maximum absolute atomic E-state index is 13.7. The van der Waals surface area contributed by atoms with Crippen LogP contribution in [0, 0.1) is 5.92 Å². The van der Waals surface area contributed by atoms with E-state index in [1.165, 1.54) is 6.42 Å². The van der Waals surface area contributed by atoms with Gasteiger partial charge in [0.15, 0.2) is 5.78 Å². The lowest BCUT2D eigenvalue weighted by molar-refractivity contribution is -0.148. The first-order chi connectivity index (χ1) is 13.4. The van der Waals surface area contributed by atoms with Crippen molar-refractivity contribution in [2.45, 2.75) is 83.0 Å². The summed E-state index contributed by atoms with van der Waals surface area (Å²) in [6.07, 6.45) is 7.49. The number of piperazine rings is 1. The summed E-state index contributed by atoms with van der Waals surface area (Å²) in [4.78, 5) is 42.8. The fraction of sp³-hybridized carbons (Fsp3) is 0.857. The highest BCUT2D eigenvalue weighted by Gasteiger charge is 2.44. The van der Waals surface area contributed by atoms with Gasteiger partial charge >= 0.3 is 0 Å². The standard InChI is InChI=1S/C21H36N4O3/c1-14(22-3)20(27)23-19(16-8-5-4-6-9-16)21(28)25-12-17-10-7-11-24(17)13-18(25)15(2)26/h14,16-19,22H,4-13H2,1-3H3,(H,23,27)/t14-,17+,18-,19-/m0/s1. The molecule has 28 heavy (non-hydrogen) atoms. The highest BCUT2D eigenvalue weighted by molar-refractivity contribution is 5.93. The quantitative estimate of drug-likeness (QED) is 0.703. The Morgan fingerprint density at radius 1 is 1.00 bits per heavy atom. The zero-order chi connectivity index (χ0) is 20.3. The lowest BCUT2D eigenvalue weighted by Gasteiger charge is -2.45. The van der Waals surface area contributed by atoms with Crippen LogP contribution in [0.5, 0.6) is 0 Å². The number of hydrogen-bond donors (Lipinski definition) is 2. The van der Waals surface area contributed by atoms with Gasteiger partial charge in [-0.1, -0.05) is 19.3 Å². The van der Waals surface area contributed by atoms with Gasteiger partial charge in [-0.3, -0.25) is 19.3 Å². The molecular weight excluding hydrogens is 356 g/mol. The molecule has 4 atom stereocenters. The summed E-state index contributed by atoms with van der Waals surface area (Å²) in [5.41, 5.74) is 0. The Balaban J connectivity index is 1.81. The van der Waals surface area contributed by atoms with E-state index in [4.69, 9.17) is 0 Å². The van der Waals surface area contributed by atoms with Crippen molar-refractivity contribution in [1.82, 2.24) is 20.4 Å². The first kappa shape index (κ1) is 21.2.